The van der Waals surface area contributed by atoms with E-state index in [2.05, 4.69) is 23.6 Å². The molecule has 0 aliphatic heterocycles. The van der Waals surface area contributed by atoms with Gasteiger partial charge in [-0.1, -0.05) is 77.2 Å². The van der Waals surface area contributed by atoms with Crippen LogP contribution in [0.25, 0.3) is 0 Å². The van der Waals surface area contributed by atoms with Gasteiger partial charge in [0.2, 0.25) is 5.91 Å². The van der Waals surface area contributed by atoms with Gasteiger partial charge < -0.3 is 10.6 Å². The summed E-state index contributed by atoms with van der Waals surface area (Å²) in [7, 11) is 0. The van der Waals surface area contributed by atoms with E-state index in [0.717, 1.165) is 18.5 Å². The molecule has 0 aliphatic rings. The van der Waals surface area contributed by atoms with Crippen LogP contribution in [0.5, 0.6) is 0 Å². The van der Waals surface area contributed by atoms with Crippen LogP contribution in [-0.4, -0.2) is 11.0 Å². The molecular formula is C23H38N2OS. The number of nitrogens with one attached hydrogen (secondary N) is 2. The molecule has 27 heavy (non-hydrogen) atoms. The highest BCUT2D eigenvalue weighted by Gasteiger charge is 2.05. The molecule has 0 bridgehead atoms. The molecule has 0 aromatic heterocycles. The molecule has 1 rings (SSSR count). The Bertz CT molecular complexity index is 551. The van der Waals surface area contributed by atoms with Crippen LogP contribution in [0.1, 0.15) is 95.1 Å². The molecule has 0 saturated heterocycles. The first-order valence-electron chi connectivity index (χ1n) is 10.7. The third-order valence-corrected chi connectivity index (χ3v) is 4.94. The largest absolute Gasteiger partial charge is 0.332 e. The highest BCUT2D eigenvalue weighted by Crippen LogP contribution is 2.14. The number of amides is 1. The first-order chi connectivity index (χ1) is 13.0. The van der Waals surface area contributed by atoms with Crippen LogP contribution in [0.15, 0.2) is 18.2 Å². The lowest BCUT2D eigenvalue weighted by Crippen LogP contribution is -2.33. The van der Waals surface area contributed by atoms with E-state index in [-0.39, 0.29) is 5.91 Å². The molecule has 0 atom stereocenters. The molecule has 1 aromatic carbocycles. The Morgan fingerprint density at radius 1 is 0.815 bits per heavy atom. The normalized spacial score (nSPS) is 10.6. The minimum Gasteiger partial charge on any atom is -0.332 e. The molecule has 1 amide bonds. The van der Waals surface area contributed by atoms with Crippen LogP contribution < -0.4 is 10.6 Å². The van der Waals surface area contributed by atoms with Gasteiger partial charge in [-0.2, -0.15) is 0 Å². The van der Waals surface area contributed by atoms with Gasteiger partial charge in [0, 0.05) is 12.1 Å². The summed E-state index contributed by atoms with van der Waals surface area (Å²) >= 11 is 5.24. The molecule has 4 heteroatoms. The van der Waals surface area contributed by atoms with Crippen molar-refractivity contribution in [3.05, 3.63) is 29.3 Å². The van der Waals surface area contributed by atoms with E-state index in [0.29, 0.717) is 11.5 Å². The van der Waals surface area contributed by atoms with Gasteiger partial charge in [0.25, 0.3) is 0 Å². The molecule has 0 saturated carbocycles. The number of thiocarbonyl (C=S) groups is 1. The van der Waals surface area contributed by atoms with E-state index in [1.807, 2.05) is 26.0 Å². The Morgan fingerprint density at radius 3 is 1.81 bits per heavy atom. The number of hydrogen-bond donors (Lipinski definition) is 2. The number of carbonyl (C=O) groups is 1. The zero-order chi connectivity index (χ0) is 19.9. The van der Waals surface area contributed by atoms with Crippen molar-refractivity contribution in [2.75, 3.05) is 5.32 Å². The minimum atomic E-state index is 0.00722. The number of aryl methyl sites for hydroxylation is 2. The average molecular weight is 391 g/mol. The average Bonchev–Trinajstić information content (AvgIpc) is 2.58. The Labute approximate surface area is 171 Å². The summed E-state index contributed by atoms with van der Waals surface area (Å²) in [4.78, 5) is 12.0. The van der Waals surface area contributed by atoms with E-state index in [4.69, 9.17) is 12.2 Å². The number of unbranched alkanes of at least 4 members (excludes halogenated alkanes) is 10. The second-order valence-corrected chi connectivity index (χ2v) is 8.07. The van der Waals surface area contributed by atoms with Crippen LogP contribution in [0, 0.1) is 13.8 Å². The number of hydrogen-bond acceptors (Lipinski definition) is 2. The van der Waals surface area contributed by atoms with E-state index >= 15 is 0 Å². The van der Waals surface area contributed by atoms with E-state index < -0.39 is 0 Å². The fourth-order valence-electron chi connectivity index (χ4n) is 3.35. The molecule has 0 heterocycles. The summed E-state index contributed by atoms with van der Waals surface area (Å²) in [6.45, 7) is 6.35. The third kappa shape index (κ3) is 12.6. The summed E-state index contributed by atoms with van der Waals surface area (Å²) in [6, 6.07) is 6.16. The molecule has 0 spiro atoms. The topological polar surface area (TPSA) is 41.1 Å². The maximum absolute atomic E-state index is 12.0. The predicted molar refractivity (Wildman–Crippen MR) is 121 cm³/mol. The summed E-state index contributed by atoms with van der Waals surface area (Å²) in [6.07, 6.45) is 14.7. The van der Waals surface area contributed by atoms with E-state index in [1.54, 1.807) is 0 Å². The van der Waals surface area contributed by atoms with Crippen molar-refractivity contribution in [3.8, 4) is 0 Å². The van der Waals surface area contributed by atoms with Gasteiger partial charge in [-0.05, 0) is 55.7 Å². The highest BCUT2D eigenvalue weighted by atomic mass is 32.1. The zero-order valence-corrected chi connectivity index (χ0v) is 18.4. The van der Waals surface area contributed by atoms with Gasteiger partial charge >= 0.3 is 0 Å². The Morgan fingerprint density at radius 2 is 1.30 bits per heavy atom. The lowest BCUT2D eigenvalue weighted by Gasteiger charge is -2.11. The van der Waals surface area contributed by atoms with Gasteiger partial charge in [-0.25, -0.2) is 0 Å². The Hall–Kier alpha value is -1.42. The third-order valence-electron chi connectivity index (χ3n) is 4.74. The Balaban J connectivity index is 2.03. The zero-order valence-electron chi connectivity index (χ0n) is 17.5. The summed E-state index contributed by atoms with van der Waals surface area (Å²) in [5.74, 6) is 0.00722. The quantitative estimate of drug-likeness (QED) is 0.287. The highest BCUT2D eigenvalue weighted by molar-refractivity contribution is 7.80. The van der Waals surface area contributed by atoms with Gasteiger partial charge in [0.05, 0.1) is 0 Å². The van der Waals surface area contributed by atoms with Crippen molar-refractivity contribution in [2.45, 2.75) is 97.8 Å². The van der Waals surface area contributed by atoms with E-state index in [1.165, 1.54) is 68.9 Å². The van der Waals surface area contributed by atoms with Crippen molar-refractivity contribution < 1.29 is 4.79 Å². The standard InChI is InChI=1S/C23H38N2OS/c1-4-5-6-7-8-9-10-11-12-13-14-15-22(26)25-23(27)24-21-17-19(2)16-20(3)18-21/h16-18H,4-15H2,1-3H3,(H2,24,25,26,27). The second kappa shape index (κ2) is 14.6. The van der Waals surface area contributed by atoms with Gasteiger partial charge in [0.15, 0.2) is 5.11 Å². The molecule has 152 valence electrons. The molecule has 0 radical (unpaired) electrons. The monoisotopic (exact) mass is 390 g/mol. The first kappa shape index (κ1) is 23.6. The summed E-state index contributed by atoms with van der Waals surface area (Å²) in [5.41, 5.74) is 3.27. The molecule has 0 aliphatic carbocycles. The van der Waals surface area contributed by atoms with E-state index in [9.17, 15) is 4.79 Å². The number of anilines is 1. The van der Waals surface area contributed by atoms with Crippen molar-refractivity contribution in [1.29, 1.82) is 0 Å². The summed E-state index contributed by atoms with van der Waals surface area (Å²) < 4.78 is 0. The van der Waals surface area contributed by atoms with Crippen LogP contribution in [0.3, 0.4) is 0 Å². The second-order valence-electron chi connectivity index (χ2n) is 7.66. The van der Waals surface area contributed by atoms with Crippen LogP contribution in [0.4, 0.5) is 5.69 Å². The van der Waals surface area contributed by atoms with Crippen molar-refractivity contribution in [2.24, 2.45) is 0 Å². The smallest absolute Gasteiger partial charge is 0.226 e. The lowest BCUT2D eigenvalue weighted by atomic mass is 10.1. The van der Waals surface area contributed by atoms with Crippen molar-refractivity contribution >= 4 is 28.9 Å². The molecule has 3 nitrogen and oxygen atoms in total. The SMILES string of the molecule is CCCCCCCCCCCCCC(=O)NC(=S)Nc1cc(C)cc(C)c1. The van der Waals surface area contributed by atoms with Gasteiger partial charge in [-0.3, -0.25) is 4.79 Å². The van der Waals surface area contributed by atoms with Crippen LogP contribution >= 0.6 is 12.2 Å². The fraction of sp³-hybridized carbons (Fsp3) is 0.652. The number of rotatable bonds is 13. The summed E-state index contributed by atoms with van der Waals surface area (Å²) in [5, 5.41) is 6.26. The lowest BCUT2D eigenvalue weighted by molar-refractivity contribution is -0.119. The van der Waals surface area contributed by atoms with Crippen LogP contribution in [-0.2, 0) is 4.79 Å². The molecule has 0 unspecified atom stereocenters. The number of carbonyl (C=O) groups excluding carboxylic acids is 1. The van der Waals surface area contributed by atoms with Crippen molar-refractivity contribution in [1.82, 2.24) is 5.32 Å². The van der Waals surface area contributed by atoms with Crippen LogP contribution in [0.2, 0.25) is 0 Å². The molecule has 0 fully saturated rings. The molecular weight excluding hydrogens is 352 g/mol. The predicted octanol–water partition coefficient (Wildman–Crippen LogP) is 6.82. The maximum Gasteiger partial charge on any atom is 0.226 e. The Kier molecular flexibility index (Phi) is 12.8. The van der Waals surface area contributed by atoms with Gasteiger partial charge in [0.1, 0.15) is 0 Å². The molecule has 2 N–H and O–H groups in total. The minimum absolute atomic E-state index is 0.00722. The maximum atomic E-state index is 12.0. The van der Waals surface area contributed by atoms with Crippen molar-refractivity contribution in [3.63, 3.8) is 0 Å². The molecule has 1 aromatic rings. The van der Waals surface area contributed by atoms with Gasteiger partial charge in [-0.15, -0.1) is 0 Å². The fourth-order valence-corrected chi connectivity index (χ4v) is 3.58. The number of benzene rings is 1. The first-order valence-corrected chi connectivity index (χ1v) is 11.1.